The SMILES string of the molecule is CCOc1cc(/C=C2\NC(=S)N(c3ccc(C)cc3)C2=O)ccc1O. The summed E-state index contributed by atoms with van der Waals surface area (Å²) in [5, 5.41) is 13.1. The van der Waals surface area contributed by atoms with E-state index >= 15 is 0 Å². The molecule has 0 unspecified atom stereocenters. The fraction of sp³-hybridized carbons (Fsp3) is 0.158. The first-order valence-electron chi connectivity index (χ1n) is 7.89. The number of aromatic hydroxyl groups is 1. The summed E-state index contributed by atoms with van der Waals surface area (Å²) in [4.78, 5) is 14.2. The molecule has 2 aromatic rings. The topological polar surface area (TPSA) is 61.8 Å². The van der Waals surface area contributed by atoms with Gasteiger partial charge in [-0.3, -0.25) is 9.69 Å². The molecule has 5 nitrogen and oxygen atoms in total. The summed E-state index contributed by atoms with van der Waals surface area (Å²) in [6.07, 6.45) is 1.69. The van der Waals surface area contributed by atoms with Crippen molar-refractivity contribution in [2.24, 2.45) is 0 Å². The molecule has 25 heavy (non-hydrogen) atoms. The minimum atomic E-state index is -0.222. The van der Waals surface area contributed by atoms with E-state index in [4.69, 9.17) is 17.0 Å². The van der Waals surface area contributed by atoms with Gasteiger partial charge in [-0.2, -0.15) is 0 Å². The van der Waals surface area contributed by atoms with E-state index < -0.39 is 0 Å². The van der Waals surface area contributed by atoms with Gasteiger partial charge >= 0.3 is 0 Å². The number of rotatable bonds is 4. The quantitative estimate of drug-likeness (QED) is 0.651. The van der Waals surface area contributed by atoms with E-state index in [1.807, 2.05) is 38.1 Å². The highest BCUT2D eigenvalue weighted by molar-refractivity contribution is 7.80. The predicted octanol–water partition coefficient (Wildman–Crippen LogP) is 3.36. The van der Waals surface area contributed by atoms with E-state index in [9.17, 15) is 9.90 Å². The fourth-order valence-electron chi connectivity index (χ4n) is 2.52. The smallest absolute Gasteiger partial charge is 0.281 e. The molecule has 0 aromatic heterocycles. The van der Waals surface area contributed by atoms with Crippen molar-refractivity contribution in [3.8, 4) is 11.5 Å². The molecule has 1 amide bonds. The van der Waals surface area contributed by atoms with Crippen LogP contribution in [0.3, 0.4) is 0 Å². The van der Waals surface area contributed by atoms with Crippen LogP contribution in [0.2, 0.25) is 0 Å². The second-order valence-electron chi connectivity index (χ2n) is 5.62. The number of carbonyl (C=O) groups excluding carboxylic acids is 1. The van der Waals surface area contributed by atoms with Crippen LogP contribution in [-0.2, 0) is 4.79 Å². The number of hydrogen-bond acceptors (Lipinski definition) is 4. The Kier molecular flexibility index (Phi) is 4.72. The van der Waals surface area contributed by atoms with Gasteiger partial charge in [0.15, 0.2) is 16.6 Å². The second-order valence-corrected chi connectivity index (χ2v) is 6.01. The zero-order valence-electron chi connectivity index (χ0n) is 13.9. The van der Waals surface area contributed by atoms with Crippen molar-refractivity contribution in [1.29, 1.82) is 0 Å². The minimum Gasteiger partial charge on any atom is -0.504 e. The summed E-state index contributed by atoms with van der Waals surface area (Å²) in [6, 6.07) is 12.5. The Bertz CT molecular complexity index is 859. The van der Waals surface area contributed by atoms with Crippen LogP contribution in [0.4, 0.5) is 5.69 Å². The molecule has 6 heteroatoms. The largest absolute Gasteiger partial charge is 0.504 e. The van der Waals surface area contributed by atoms with Gasteiger partial charge in [0.05, 0.1) is 12.3 Å². The Hall–Kier alpha value is -2.86. The summed E-state index contributed by atoms with van der Waals surface area (Å²) in [7, 11) is 0. The monoisotopic (exact) mass is 354 g/mol. The molecule has 0 radical (unpaired) electrons. The number of amides is 1. The Labute approximate surface area is 151 Å². The molecule has 0 atom stereocenters. The lowest BCUT2D eigenvalue weighted by molar-refractivity contribution is -0.113. The molecule has 3 rings (SSSR count). The number of carbonyl (C=O) groups is 1. The van der Waals surface area contributed by atoms with Crippen molar-refractivity contribution in [1.82, 2.24) is 5.32 Å². The summed E-state index contributed by atoms with van der Waals surface area (Å²) >= 11 is 5.30. The normalized spacial score (nSPS) is 15.6. The average Bonchev–Trinajstić information content (AvgIpc) is 2.86. The van der Waals surface area contributed by atoms with Gasteiger partial charge in [0.25, 0.3) is 5.91 Å². The van der Waals surface area contributed by atoms with Gasteiger partial charge in [0.2, 0.25) is 0 Å². The number of benzene rings is 2. The summed E-state index contributed by atoms with van der Waals surface area (Å²) in [5.74, 6) is 0.215. The van der Waals surface area contributed by atoms with Gasteiger partial charge in [0.1, 0.15) is 5.70 Å². The summed E-state index contributed by atoms with van der Waals surface area (Å²) in [5.41, 5.74) is 2.93. The number of phenolic OH excluding ortho intramolecular Hbond substituents is 1. The standard InChI is InChI=1S/C19H18N2O3S/c1-3-24-17-11-13(6-9-16(17)22)10-15-18(23)21(19(25)20-15)14-7-4-12(2)5-8-14/h4-11,22H,3H2,1-2H3,(H,20,25)/b15-10-. The van der Waals surface area contributed by atoms with E-state index in [0.29, 0.717) is 23.2 Å². The van der Waals surface area contributed by atoms with E-state index in [1.54, 1.807) is 18.2 Å². The van der Waals surface area contributed by atoms with Crippen LogP contribution in [0, 0.1) is 6.92 Å². The van der Waals surface area contributed by atoms with Crippen LogP contribution in [-0.4, -0.2) is 22.7 Å². The van der Waals surface area contributed by atoms with Crippen LogP contribution in [0.1, 0.15) is 18.1 Å². The number of thiocarbonyl (C=S) groups is 1. The molecule has 1 saturated heterocycles. The number of ether oxygens (including phenoxy) is 1. The highest BCUT2D eigenvalue weighted by Crippen LogP contribution is 2.29. The van der Waals surface area contributed by atoms with Gasteiger partial charge in [-0.1, -0.05) is 23.8 Å². The lowest BCUT2D eigenvalue weighted by Gasteiger charge is -2.14. The van der Waals surface area contributed by atoms with Crippen molar-refractivity contribution in [3.63, 3.8) is 0 Å². The number of aryl methyl sites for hydroxylation is 1. The number of phenols is 1. The Morgan fingerprint density at radius 2 is 1.96 bits per heavy atom. The summed E-state index contributed by atoms with van der Waals surface area (Å²) in [6.45, 7) is 4.26. The third kappa shape index (κ3) is 3.49. The zero-order valence-corrected chi connectivity index (χ0v) is 14.8. The molecule has 0 spiro atoms. The molecular formula is C19H18N2O3S. The van der Waals surface area contributed by atoms with Crippen molar-refractivity contribution in [3.05, 3.63) is 59.3 Å². The minimum absolute atomic E-state index is 0.0616. The first-order chi connectivity index (χ1) is 12.0. The van der Waals surface area contributed by atoms with Crippen molar-refractivity contribution in [2.75, 3.05) is 11.5 Å². The third-order valence-corrected chi connectivity index (χ3v) is 4.05. The highest BCUT2D eigenvalue weighted by Gasteiger charge is 2.31. The molecule has 0 aliphatic carbocycles. The Balaban J connectivity index is 1.90. The molecule has 2 N–H and O–H groups in total. The van der Waals surface area contributed by atoms with Crippen LogP contribution in [0.5, 0.6) is 11.5 Å². The van der Waals surface area contributed by atoms with Gasteiger partial charge in [-0.25, -0.2) is 0 Å². The van der Waals surface area contributed by atoms with Crippen LogP contribution in [0.15, 0.2) is 48.2 Å². The van der Waals surface area contributed by atoms with Gasteiger partial charge in [-0.15, -0.1) is 0 Å². The fourth-order valence-corrected chi connectivity index (χ4v) is 2.82. The van der Waals surface area contributed by atoms with E-state index in [2.05, 4.69) is 5.32 Å². The maximum Gasteiger partial charge on any atom is 0.281 e. The Morgan fingerprint density at radius 3 is 2.64 bits per heavy atom. The first-order valence-corrected chi connectivity index (χ1v) is 8.30. The molecule has 128 valence electrons. The Morgan fingerprint density at radius 1 is 1.24 bits per heavy atom. The number of hydrogen-bond donors (Lipinski definition) is 2. The molecule has 0 saturated carbocycles. The summed E-state index contributed by atoms with van der Waals surface area (Å²) < 4.78 is 5.37. The van der Waals surface area contributed by atoms with E-state index in [0.717, 1.165) is 16.8 Å². The third-order valence-electron chi connectivity index (χ3n) is 3.77. The van der Waals surface area contributed by atoms with Crippen LogP contribution in [0.25, 0.3) is 6.08 Å². The highest BCUT2D eigenvalue weighted by atomic mass is 32.1. The molecule has 2 aromatic carbocycles. The van der Waals surface area contributed by atoms with Crippen LogP contribution < -0.4 is 15.0 Å². The molecule has 1 aliphatic heterocycles. The first kappa shape index (κ1) is 17.0. The second kappa shape index (κ2) is 6.94. The molecule has 0 bridgehead atoms. The zero-order chi connectivity index (χ0) is 18.0. The lowest BCUT2D eigenvalue weighted by atomic mass is 10.1. The number of anilines is 1. The van der Waals surface area contributed by atoms with Gasteiger partial charge in [0, 0.05) is 0 Å². The predicted molar refractivity (Wildman–Crippen MR) is 102 cm³/mol. The molecule has 1 heterocycles. The van der Waals surface area contributed by atoms with Gasteiger partial charge < -0.3 is 15.2 Å². The molecular weight excluding hydrogens is 336 g/mol. The van der Waals surface area contributed by atoms with E-state index in [-0.39, 0.29) is 11.7 Å². The molecule has 1 aliphatic rings. The van der Waals surface area contributed by atoms with Crippen molar-refractivity contribution < 1.29 is 14.6 Å². The van der Waals surface area contributed by atoms with Crippen molar-refractivity contribution >= 4 is 35.0 Å². The average molecular weight is 354 g/mol. The lowest BCUT2D eigenvalue weighted by Crippen LogP contribution is -2.30. The number of nitrogens with zero attached hydrogens (tertiary/aromatic N) is 1. The van der Waals surface area contributed by atoms with Crippen LogP contribution >= 0.6 is 12.2 Å². The molecule has 1 fully saturated rings. The number of nitrogens with one attached hydrogen (secondary N) is 1. The van der Waals surface area contributed by atoms with Crippen molar-refractivity contribution in [2.45, 2.75) is 13.8 Å². The van der Waals surface area contributed by atoms with Gasteiger partial charge in [-0.05, 0) is 62.0 Å². The maximum absolute atomic E-state index is 12.7. The maximum atomic E-state index is 12.7. The van der Waals surface area contributed by atoms with E-state index in [1.165, 1.54) is 11.0 Å².